The third kappa shape index (κ3) is 3.76. The lowest BCUT2D eigenvalue weighted by molar-refractivity contribution is 0.0907. The number of nitrogens with zero attached hydrogens (tertiary/aromatic N) is 3. The first-order valence-electron chi connectivity index (χ1n) is 6.39. The second kappa shape index (κ2) is 7.00. The molecule has 1 fully saturated rings. The van der Waals surface area contributed by atoms with Crippen molar-refractivity contribution in [2.75, 3.05) is 46.4 Å². The smallest absolute Gasteiger partial charge is 0.196 e. The number of halogens is 1. The van der Waals surface area contributed by atoms with Crippen molar-refractivity contribution in [3.63, 3.8) is 0 Å². The molecule has 0 bridgehead atoms. The molecule has 0 amide bonds. The predicted molar refractivity (Wildman–Crippen MR) is 72.8 cm³/mol. The van der Waals surface area contributed by atoms with Gasteiger partial charge in [0.25, 0.3) is 0 Å². The van der Waals surface area contributed by atoms with Crippen molar-refractivity contribution < 1.29 is 9.53 Å². The second-order valence-electron chi connectivity index (χ2n) is 4.51. The molecule has 1 N–H and O–H groups in total. The number of piperazine rings is 1. The topological polar surface area (TPSA) is 59.4 Å². The number of carbonyl (C=O) groups excluding carboxylic acids is 1. The number of rotatable bonds is 6. The number of aromatic nitrogens is 2. The molecule has 1 saturated heterocycles. The zero-order valence-electron chi connectivity index (χ0n) is 11.1. The van der Waals surface area contributed by atoms with Gasteiger partial charge in [-0.2, -0.15) is 5.10 Å². The van der Waals surface area contributed by atoms with Crippen LogP contribution in [0.15, 0.2) is 6.20 Å². The number of hydrogen-bond donors (Lipinski definition) is 1. The summed E-state index contributed by atoms with van der Waals surface area (Å²) in [4.78, 5) is 14.5. The van der Waals surface area contributed by atoms with Gasteiger partial charge in [-0.05, 0) is 0 Å². The van der Waals surface area contributed by atoms with Crippen LogP contribution in [0.3, 0.4) is 0 Å². The third-order valence-electron chi connectivity index (χ3n) is 3.14. The van der Waals surface area contributed by atoms with Gasteiger partial charge in [0.15, 0.2) is 5.78 Å². The third-order valence-corrected chi connectivity index (χ3v) is 3.42. The van der Waals surface area contributed by atoms with Crippen molar-refractivity contribution in [1.82, 2.24) is 20.0 Å². The molecule has 1 aromatic rings. The summed E-state index contributed by atoms with van der Waals surface area (Å²) in [5.41, 5.74) is 0.484. The molecular weight excluding hydrogens is 268 g/mol. The first kappa shape index (κ1) is 14.5. The summed E-state index contributed by atoms with van der Waals surface area (Å²) < 4.78 is 6.63. The number of hydrogen-bond acceptors (Lipinski definition) is 5. The molecule has 1 aliphatic heterocycles. The van der Waals surface area contributed by atoms with Crippen LogP contribution in [0.2, 0.25) is 5.02 Å². The van der Waals surface area contributed by atoms with Crippen LogP contribution in [-0.4, -0.2) is 66.9 Å². The molecule has 2 rings (SSSR count). The van der Waals surface area contributed by atoms with E-state index in [0.29, 0.717) is 30.4 Å². The standard InChI is InChI=1S/C12H19ClN4O2/c1-19-7-6-17-12(10(13)8-15-17)11(18)9-16-4-2-14-3-5-16/h8,14H,2-7,9H2,1H3. The molecule has 1 aliphatic rings. The van der Waals surface area contributed by atoms with Gasteiger partial charge in [-0.15, -0.1) is 0 Å². The maximum atomic E-state index is 12.3. The van der Waals surface area contributed by atoms with E-state index >= 15 is 0 Å². The van der Waals surface area contributed by atoms with E-state index in [4.69, 9.17) is 16.3 Å². The highest BCUT2D eigenvalue weighted by atomic mass is 35.5. The Morgan fingerprint density at radius 1 is 1.53 bits per heavy atom. The van der Waals surface area contributed by atoms with Gasteiger partial charge < -0.3 is 10.1 Å². The fourth-order valence-corrected chi connectivity index (χ4v) is 2.38. The van der Waals surface area contributed by atoms with Crippen molar-refractivity contribution in [2.24, 2.45) is 0 Å². The van der Waals surface area contributed by atoms with Crippen LogP contribution in [0.5, 0.6) is 0 Å². The number of methoxy groups -OCH3 is 1. The minimum absolute atomic E-state index is 0.0144. The monoisotopic (exact) mass is 286 g/mol. The zero-order valence-corrected chi connectivity index (χ0v) is 11.8. The Morgan fingerprint density at radius 3 is 2.95 bits per heavy atom. The van der Waals surface area contributed by atoms with E-state index < -0.39 is 0 Å². The van der Waals surface area contributed by atoms with Gasteiger partial charge in [0.05, 0.1) is 30.9 Å². The van der Waals surface area contributed by atoms with Gasteiger partial charge in [0.2, 0.25) is 0 Å². The van der Waals surface area contributed by atoms with Crippen molar-refractivity contribution >= 4 is 17.4 Å². The summed E-state index contributed by atoms with van der Waals surface area (Å²) in [5, 5.41) is 7.79. The van der Waals surface area contributed by atoms with Crippen LogP contribution >= 0.6 is 11.6 Å². The highest BCUT2D eigenvalue weighted by Crippen LogP contribution is 2.16. The van der Waals surface area contributed by atoms with Crippen molar-refractivity contribution in [2.45, 2.75) is 6.54 Å². The molecule has 19 heavy (non-hydrogen) atoms. The first-order chi connectivity index (χ1) is 9.22. The van der Waals surface area contributed by atoms with Crippen LogP contribution in [0.25, 0.3) is 0 Å². The van der Waals surface area contributed by atoms with E-state index in [0.717, 1.165) is 26.2 Å². The number of carbonyl (C=O) groups is 1. The maximum absolute atomic E-state index is 12.3. The summed E-state index contributed by atoms with van der Waals surface area (Å²) in [5.74, 6) is 0.0144. The molecule has 0 spiro atoms. The van der Waals surface area contributed by atoms with Crippen LogP contribution < -0.4 is 5.32 Å². The van der Waals surface area contributed by atoms with E-state index in [1.54, 1.807) is 11.8 Å². The predicted octanol–water partition coefficient (Wildman–Crippen LogP) is 0.271. The average molecular weight is 287 g/mol. The minimum Gasteiger partial charge on any atom is -0.383 e. The molecule has 0 radical (unpaired) electrons. The summed E-state index contributed by atoms with van der Waals surface area (Å²) in [6, 6.07) is 0. The Balaban J connectivity index is 2.02. The van der Waals surface area contributed by atoms with E-state index in [-0.39, 0.29) is 5.78 Å². The Hall–Kier alpha value is -0.950. The molecule has 6 nitrogen and oxygen atoms in total. The molecule has 1 aromatic heterocycles. The summed E-state index contributed by atoms with van der Waals surface area (Å²) in [6.45, 7) is 5.04. The SMILES string of the molecule is COCCn1ncc(Cl)c1C(=O)CN1CCNCC1. The first-order valence-corrected chi connectivity index (χ1v) is 6.76. The van der Waals surface area contributed by atoms with E-state index in [9.17, 15) is 4.79 Å². The fraction of sp³-hybridized carbons (Fsp3) is 0.667. The van der Waals surface area contributed by atoms with Gasteiger partial charge in [-0.25, -0.2) is 0 Å². The zero-order chi connectivity index (χ0) is 13.7. The van der Waals surface area contributed by atoms with Gasteiger partial charge >= 0.3 is 0 Å². The fourth-order valence-electron chi connectivity index (χ4n) is 2.13. The molecule has 2 heterocycles. The van der Waals surface area contributed by atoms with Crippen molar-refractivity contribution in [3.8, 4) is 0 Å². The molecule has 0 aromatic carbocycles. The Morgan fingerprint density at radius 2 is 2.26 bits per heavy atom. The highest BCUT2D eigenvalue weighted by Gasteiger charge is 2.21. The lowest BCUT2D eigenvalue weighted by atomic mass is 10.2. The normalized spacial score (nSPS) is 16.7. The molecule has 0 aliphatic carbocycles. The number of ether oxygens (including phenoxy) is 1. The van der Waals surface area contributed by atoms with Gasteiger partial charge in [0, 0.05) is 33.3 Å². The molecule has 0 saturated carbocycles. The largest absolute Gasteiger partial charge is 0.383 e. The van der Waals surface area contributed by atoms with E-state index in [1.165, 1.54) is 6.20 Å². The highest BCUT2D eigenvalue weighted by molar-refractivity contribution is 6.33. The minimum atomic E-state index is 0.0144. The van der Waals surface area contributed by atoms with Crippen LogP contribution in [-0.2, 0) is 11.3 Å². The Labute approximate surface area is 117 Å². The van der Waals surface area contributed by atoms with Crippen LogP contribution in [0.1, 0.15) is 10.5 Å². The summed E-state index contributed by atoms with van der Waals surface area (Å²) >= 11 is 6.06. The number of nitrogens with one attached hydrogen (secondary N) is 1. The van der Waals surface area contributed by atoms with E-state index in [1.807, 2.05) is 0 Å². The van der Waals surface area contributed by atoms with Gasteiger partial charge in [-0.1, -0.05) is 11.6 Å². The summed E-state index contributed by atoms with van der Waals surface area (Å²) in [7, 11) is 1.62. The van der Waals surface area contributed by atoms with Gasteiger partial charge in [0.1, 0.15) is 5.69 Å². The molecule has 0 atom stereocenters. The molecular formula is C12H19ClN4O2. The number of ketones is 1. The molecule has 7 heteroatoms. The lowest BCUT2D eigenvalue weighted by Gasteiger charge is -2.26. The number of Topliss-reactive ketones (excluding diaryl/α,β-unsaturated/α-hetero) is 1. The summed E-state index contributed by atoms with van der Waals surface area (Å²) in [6.07, 6.45) is 1.52. The van der Waals surface area contributed by atoms with Crippen molar-refractivity contribution in [1.29, 1.82) is 0 Å². The van der Waals surface area contributed by atoms with Crippen molar-refractivity contribution in [3.05, 3.63) is 16.9 Å². The Bertz CT molecular complexity index is 429. The van der Waals surface area contributed by atoms with Crippen LogP contribution in [0, 0.1) is 0 Å². The molecule has 106 valence electrons. The lowest BCUT2D eigenvalue weighted by Crippen LogP contribution is -2.45. The van der Waals surface area contributed by atoms with Gasteiger partial charge in [-0.3, -0.25) is 14.4 Å². The quantitative estimate of drug-likeness (QED) is 0.761. The average Bonchev–Trinajstić information content (AvgIpc) is 2.78. The maximum Gasteiger partial charge on any atom is 0.196 e. The molecule has 0 unspecified atom stereocenters. The second-order valence-corrected chi connectivity index (χ2v) is 4.91. The van der Waals surface area contributed by atoms with E-state index in [2.05, 4.69) is 15.3 Å². The van der Waals surface area contributed by atoms with Crippen LogP contribution in [0.4, 0.5) is 0 Å². The Kier molecular flexibility index (Phi) is 5.33.